The second kappa shape index (κ2) is 8.53. The summed E-state index contributed by atoms with van der Waals surface area (Å²) in [5.41, 5.74) is 0.530. The third-order valence-corrected chi connectivity index (χ3v) is 6.74. The van der Waals surface area contributed by atoms with E-state index >= 15 is 0 Å². The molecule has 1 N–H and O–H groups in total. The molecule has 8 nitrogen and oxygen atoms in total. The predicted molar refractivity (Wildman–Crippen MR) is 111 cm³/mol. The molecule has 1 saturated carbocycles. The van der Waals surface area contributed by atoms with Crippen LogP contribution in [-0.4, -0.2) is 70.6 Å². The lowest BCUT2D eigenvalue weighted by Gasteiger charge is -2.37. The summed E-state index contributed by atoms with van der Waals surface area (Å²) in [6, 6.07) is 6.30. The third kappa shape index (κ3) is 5.09. The quantitative estimate of drug-likeness (QED) is 0.678. The number of amides is 1. The normalized spacial score (nSPS) is 24.8. The number of benzene rings is 1. The fourth-order valence-electron chi connectivity index (χ4n) is 4.90. The summed E-state index contributed by atoms with van der Waals surface area (Å²) in [7, 11) is 1.77. The van der Waals surface area contributed by atoms with Crippen molar-refractivity contribution in [2.45, 2.75) is 18.9 Å². The molecule has 3 heterocycles. The summed E-state index contributed by atoms with van der Waals surface area (Å²) in [6.45, 7) is 4.72. The number of ether oxygens (including phenoxy) is 2. The molecule has 1 aromatic heterocycles. The van der Waals surface area contributed by atoms with Crippen LogP contribution in [0.5, 0.6) is 11.6 Å². The van der Waals surface area contributed by atoms with Gasteiger partial charge in [0, 0.05) is 52.4 Å². The van der Waals surface area contributed by atoms with Crippen molar-refractivity contribution in [2.75, 3.05) is 32.7 Å². The van der Waals surface area contributed by atoms with Gasteiger partial charge in [-0.2, -0.15) is 0 Å². The number of alkyl halides is 3. The maximum atomic E-state index is 13.0. The highest BCUT2D eigenvalue weighted by Gasteiger charge is 2.57. The number of halogens is 3. The lowest BCUT2D eigenvalue weighted by atomic mass is 10.1. The van der Waals surface area contributed by atoms with E-state index in [9.17, 15) is 18.0 Å². The van der Waals surface area contributed by atoms with E-state index in [1.165, 1.54) is 24.5 Å². The molecule has 3 fully saturated rings. The Morgan fingerprint density at radius 2 is 2.03 bits per heavy atom. The van der Waals surface area contributed by atoms with E-state index in [-0.39, 0.29) is 18.2 Å². The van der Waals surface area contributed by atoms with Crippen molar-refractivity contribution in [2.24, 2.45) is 24.8 Å². The van der Waals surface area contributed by atoms with E-state index in [0.717, 1.165) is 26.2 Å². The molecule has 1 aliphatic carbocycles. The van der Waals surface area contributed by atoms with Gasteiger partial charge in [-0.05, 0) is 35.4 Å². The first kappa shape index (κ1) is 22.0. The third-order valence-electron chi connectivity index (χ3n) is 6.74. The maximum Gasteiger partial charge on any atom is 0.573 e. The standard InChI is InChI=1S/C22H26F3N5O3/c1-28-12-20(27-13-28)32-21(31)30(8-14-3-2-4-16(5-14)33-22(23,24)25)11-19-17-9-29(10-18(17)19)15-6-26-7-15/h2-5,12-13,15,17-19,26H,6-11H2,1H3. The number of rotatable bonds is 7. The number of carbonyl (C=O) groups is 1. The van der Waals surface area contributed by atoms with Gasteiger partial charge >= 0.3 is 12.5 Å². The first-order valence-electron chi connectivity index (χ1n) is 11.0. The predicted octanol–water partition coefficient (Wildman–Crippen LogP) is 2.47. The van der Waals surface area contributed by atoms with E-state index in [1.807, 2.05) is 0 Å². The zero-order valence-corrected chi connectivity index (χ0v) is 18.2. The Bertz CT molecular complexity index is 997. The minimum Gasteiger partial charge on any atom is -0.406 e. The monoisotopic (exact) mass is 465 g/mol. The van der Waals surface area contributed by atoms with Crippen LogP contribution in [0, 0.1) is 17.8 Å². The molecular formula is C22H26F3N5O3. The van der Waals surface area contributed by atoms with Gasteiger partial charge in [-0.3, -0.25) is 4.90 Å². The molecular weight excluding hydrogens is 439 g/mol. The van der Waals surface area contributed by atoms with Crippen LogP contribution in [-0.2, 0) is 13.6 Å². The van der Waals surface area contributed by atoms with Crippen LogP contribution < -0.4 is 14.8 Å². The van der Waals surface area contributed by atoms with Gasteiger partial charge in [0.1, 0.15) is 5.75 Å². The molecule has 3 aliphatic rings. The van der Waals surface area contributed by atoms with Gasteiger partial charge in [-0.25, -0.2) is 9.78 Å². The summed E-state index contributed by atoms with van der Waals surface area (Å²) < 4.78 is 49.0. The van der Waals surface area contributed by atoms with E-state index < -0.39 is 12.5 Å². The molecule has 0 spiro atoms. The zero-order chi connectivity index (χ0) is 23.2. The molecule has 2 unspecified atom stereocenters. The Kier molecular flexibility index (Phi) is 5.69. The molecule has 0 bridgehead atoms. The van der Waals surface area contributed by atoms with E-state index in [0.29, 0.717) is 35.9 Å². The summed E-state index contributed by atoms with van der Waals surface area (Å²) in [4.78, 5) is 21.1. The average Bonchev–Trinajstić information content (AvgIpc) is 3.01. The van der Waals surface area contributed by atoms with Gasteiger partial charge in [0.05, 0.1) is 12.5 Å². The van der Waals surface area contributed by atoms with Crippen LogP contribution in [0.3, 0.4) is 0 Å². The second-order valence-electron chi connectivity index (χ2n) is 9.08. The molecule has 1 aromatic carbocycles. The summed E-state index contributed by atoms with van der Waals surface area (Å²) >= 11 is 0. The Labute approximate surface area is 189 Å². The zero-order valence-electron chi connectivity index (χ0n) is 18.2. The fourth-order valence-corrected chi connectivity index (χ4v) is 4.90. The van der Waals surface area contributed by atoms with Crippen molar-refractivity contribution in [3.8, 4) is 11.6 Å². The van der Waals surface area contributed by atoms with Gasteiger partial charge in [0.25, 0.3) is 0 Å². The van der Waals surface area contributed by atoms with Crippen LogP contribution >= 0.6 is 0 Å². The van der Waals surface area contributed by atoms with Crippen molar-refractivity contribution in [1.82, 2.24) is 24.7 Å². The highest BCUT2D eigenvalue weighted by atomic mass is 19.4. The number of fused-ring (bicyclic) bond motifs is 1. The van der Waals surface area contributed by atoms with Crippen LogP contribution in [0.15, 0.2) is 36.8 Å². The number of hydrogen-bond donors (Lipinski definition) is 1. The lowest BCUT2D eigenvalue weighted by Crippen LogP contribution is -2.57. The van der Waals surface area contributed by atoms with Crippen molar-refractivity contribution in [3.63, 3.8) is 0 Å². The van der Waals surface area contributed by atoms with Crippen LogP contribution in [0.25, 0.3) is 0 Å². The molecule has 1 amide bonds. The summed E-state index contributed by atoms with van der Waals surface area (Å²) in [6.07, 6.45) is -2.23. The van der Waals surface area contributed by atoms with E-state index in [1.54, 1.807) is 28.8 Å². The molecule has 2 aliphatic heterocycles. The Hall–Kier alpha value is -2.79. The number of hydrogen-bond acceptors (Lipinski definition) is 6. The van der Waals surface area contributed by atoms with E-state index in [2.05, 4.69) is 19.9 Å². The Morgan fingerprint density at radius 1 is 1.27 bits per heavy atom. The minimum atomic E-state index is -4.77. The molecule has 0 radical (unpaired) electrons. The molecule has 2 atom stereocenters. The SMILES string of the molecule is Cn1cnc(OC(=O)N(Cc2cccc(OC(F)(F)F)c2)CC2C3CN(C4CNC4)CC23)c1. The van der Waals surface area contributed by atoms with Crippen molar-refractivity contribution in [3.05, 3.63) is 42.4 Å². The fraction of sp³-hybridized carbons (Fsp3) is 0.545. The number of aromatic nitrogens is 2. The molecule has 2 aromatic rings. The second-order valence-corrected chi connectivity index (χ2v) is 9.08. The van der Waals surface area contributed by atoms with Crippen LogP contribution in [0.1, 0.15) is 5.56 Å². The first-order chi connectivity index (χ1) is 15.7. The van der Waals surface area contributed by atoms with Crippen molar-refractivity contribution < 1.29 is 27.4 Å². The molecule has 5 rings (SSSR count). The first-order valence-corrected chi connectivity index (χ1v) is 11.0. The molecule has 33 heavy (non-hydrogen) atoms. The highest BCUT2D eigenvalue weighted by Crippen LogP contribution is 2.52. The van der Waals surface area contributed by atoms with Gasteiger partial charge in [0.2, 0.25) is 5.88 Å². The Morgan fingerprint density at radius 3 is 2.64 bits per heavy atom. The number of imidazole rings is 1. The molecule has 178 valence electrons. The van der Waals surface area contributed by atoms with Crippen molar-refractivity contribution in [1.29, 1.82) is 0 Å². The average molecular weight is 465 g/mol. The topological polar surface area (TPSA) is 71.9 Å². The summed E-state index contributed by atoms with van der Waals surface area (Å²) in [5, 5.41) is 3.30. The lowest BCUT2D eigenvalue weighted by molar-refractivity contribution is -0.274. The number of nitrogens with zero attached hydrogens (tertiary/aromatic N) is 4. The number of likely N-dealkylation sites (tertiary alicyclic amines) is 1. The number of piperidine rings is 1. The smallest absolute Gasteiger partial charge is 0.406 e. The summed E-state index contributed by atoms with van der Waals surface area (Å²) in [5.74, 6) is 1.30. The number of aryl methyl sites for hydroxylation is 1. The van der Waals surface area contributed by atoms with Gasteiger partial charge in [0.15, 0.2) is 0 Å². The van der Waals surface area contributed by atoms with Gasteiger partial charge < -0.3 is 24.3 Å². The van der Waals surface area contributed by atoms with E-state index in [4.69, 9.17) is 4.74 Å². The van der Waals surface area contributed by atoms with Gasteiger partial charge in [-0.15, -0.1) is 13.2 Å². The Balaban J connectivity index is 1.26. The van der Waals surface area contributed by atoms with Crippen LogP contribution in [0.4, 0.5) is 18.0 Å². The largest absolute Gasteiger partial charge is 0.573 e. The highest BCUT2D eigenvalue weighted by molar-refractivity contribution is 5.70. The van der Waals surface area contributed by atoms with Crippen molar-refractivity contribution >= 4 is 6.09 Å². The minimum absolute atomic E-state index is 0.118. The van der Waals surface area contributed by atoms with Crippen LogP contribution in [0.2, 0.25) is 0 Å². The number of carbonyl (C=O) groups excluding carboxylic acids is 1. The molecule has 11 heteroatoms. The van der Waals surface area contributed by atoms with Gasteiger partial charge in [-0.1, -0.05) is 12.1 Å². The molecule has 2 saturated heterocycles. The maximum absolute atomic E-state index is 13.0. The number of nitrogens with one attached hydrogen (secondary N) is 1.